The first kappa shape index (κ1) is 20.5. The number of carbonyl (C=O) groups is 1. The van der Waals surface area contributed by atoms with Gasteiger partial charge in [0.2, 0.25) is 5.91 Å². The summed E-state index contributed by atoms with van der Waals surface area (Å²) in [5, 5.41) is 10.3. The fourth-order valence-corrected chi connectivity index (χ4v) is 4.62. The number of amides is 1. The van der Waals surface area contributed by atoms with Crippen molar-refractivity contribution in [2.24, 2.45) is 0 Å². The third kappa shape index (κ3) is 4.04. The maximum Gasteiger partial charge on any atom is 0.277 e. The van der Waals surface area contributed by atoms with Crippen molar-refractivity contribution in [3.05, 3.63) is 68.3 Å². The zero-order chi connectivity index (χ0) is 22.1. The summed E-state index contributed by atoms with van der Waals surface area (Å²) in [5.74, 6) is -0.0112. The van der Waals surface area contributed by atoms with Crippen LogP contribution in [0.2, 0.25) is 0 Å². The van der Waals surface area contributed by atoms with E-state index in [1.54, 1.807) is 41.4 Å². The van der Waals surface area contributed by atoms with Gasteiger partial charge in [-0.1, -0.05) is 17.3 Å². The summed E-state index contributed by atoms with van der Waals surface area (Å²) in [7, 11) is 0. The molecule has 164 valence electrons. The first-order valence-electron chi connectivity index (χ1n) is 10.4. The molecule has 0 saturated carbocycles. The highest BCUT2D eigenvalue weighted by Gasteiger charge is 2.22. The van der Waals surface area contributed by atoms with E-state index < -0.39 is 0 Å². The van der Waals surface area contributed by atoms with E-state index in [-0.39, 0.29) is 30.0 Å². The van der Waals surface area contributed by atoms with Crippen LogP contribution in [0.5, 0.6) is 0 Å². The maximum atomic E-state index is 12.7. The molecular weight excluding hydrogens is 430 g/mol. The fourth-order valence-electron chi connectivity index (χ4n) is 3.88. The highest BCUT2D eigenvalue weighted by molar-refractivity contribution is 7.15. The van der Waals surface area contributed by atoms with Crippen molar-refractivity contribution < 1.29 is 4.79 Å². The highest BCUT2D eigenvalue weighted by Crippen LogP contribution is 2.11. The molecule has 1 amide bonds. The van der Waals surface area contributed by atoms with Crippen molar-refractivity contribution in [1.29, 1.82) is 0 Å². The summed E-state index contributed by atoms with van der Waals surface area (Å²) < 4.78 is 2.79. The molecule has 0 atom stereocenters. The topological polar surface area (TPSA) is 106 Å². The lowest BCUT2D eigenvalue weighted by Gasteiger charge is -2.34. The van der Waals surface area contributed by atoms with E-state index in [9.17, 15) is 14.4 Å². The number of fused-ring (bicyclic) bond motifs is 2. The van der Waals surface area contributed by atoms with Gasteiger partial charge in [-0.15, -0.1) is 16.4 Å². The minimum Gasteiger partial charge on any atom is -0.340 e. The van der Waals surface area contributed by atoms with Gasteiger partial charge in [0, 0.05) is 56.8 Å². The minimum absolute atomic E-state index is 0.0112. The Kier molecular flexibility index (Phi) is 5.50. The number of aryl methyl sites for hydroxylation is 1. The van der Waals surface area contributed by atoms with Crippen LogP contribution in [0.1, 0.15) is 12.1 Å². The first-order valence-corrected chi connectivity index (χ1v) is 11.2. The number of nitrogens with zero attached hydrogens (tertiary/aromatic N) is 7. The van der Waals surface area contributed by atoms with Crippen LogP contribution in [0.4, 0.5) is 0 Å². The van der Waals surface area contributed by atoms with Crippen LogP contribution >= 0.6 is 11.3 Å². The van der Waals surface area contributed by atoms with Crippen LogP contribution in [0, 0.1) is 0 Å². The van der Waals surface area contributed by atoms with Crippen molar-refractivity contribution in [3.8, 4) is 0 Å². The molecule has 0 aliphatic carbocycles. The molecule has 10 nitrogen and oxygen atoms in total. The lowest BCUT2D eigenvalue weighted by Crippen LogP contribution is -2.48. The minimum atomic E-state index is -0.237. The Hall–Kier alpha value is -3.44. The molecule has 3 aromatic heterocycles. The normalized spacial score (nSPS) is 14.9. The molecule has 1 aliphatic rings. The number of piperazine rings is 1. The van der Waals surface area contributed by atoms with Crippen molar-refractivity contribution in [3.63, 3.8) is 0 Å². The summed E-state index contributed by atoms with van der Waals surface area (Å²) in [6.45, 7) is 3.37. The zero-order valence-electron chi connectivity index (χ0n) is 17.3. The van der Waals surface area contributed by atoms with Crippen LogP contribution in [0.15, 0.2) is 51.5 Å². The summed E-state index contributed by atoms with van der Waals surface area (Å²) >= 11 is 1.43. The lowest BCUT2D eigenvalue weighted by molar-refractivity contribution is -0.133. The Bertz CT molecular complexity index is 1400. The number of carbonyl (C=O) groups excluding carboxylic acids is 1. The molecule has 1 fully saturated rings. The van der Waals surface area contributed by atoms with Crippen LogP contribution in [0.3, 0.4) is 0 Å². The molecule has 4 aromatic rings. The second-order valence-corrected chi connectivity index (χ2v) is 8.56. The molecule has 11 heteroatoms. The molecule has 0 unspecified atom stereocenters. The van der Waals surface area contributed by atoms with Crippen molar-refractivity contribution in [2.45, 2.75) is 19.5 Å². The molecular formula is C21H21N7O3S. The van der Waals surface area contributed by atoms with E-state index >= 15 is 0 Å². The van der Waals surface area contributed by atoms with Crippen LogP contribution in [-0.2, 0) is 17.9 Å². The highest BCUT2D eigenvalue weighted by atomic mass is 32.1. The van der Waals surface area contributed by atoms with Gasteiger partial charge >= 0.3 is 0 Å². The number of benzene rings is 1. The van der Waals surface area contributed by atoms with E-state index in [1.807, 2.05) is 5.38 Å². The zero-order valence-corrected chi connectivity index (χ0v) is 18.1. The number of rotatable bonds is 5. The fraction of sp³-hybridized carbons (Fsp3) is 0.333. The molecule has 1 aromatic carbocycles. The standard InChI is InChI=1S/C21H21N7O3S/c29-18(5-6-28-20(31)16-3-1-2-4-17(16)23-24-28)26-9-7-25(8-10-26)14-15-13-19(30)27-11-12-32-21(27)22-15/h1-4,11-13H,5-10,14H2. The van der Waals surface area contributed by atoms with E-state index in [1.165, 1.54) is 20.4 Å². The van der Waals surface area contributed by atoms with Gasteiger partial charge in [-0.25, -0.2) is 9.67 Å². The van der Waals surface area contributed by atoms with E-state index in [2.05, 4.69) is 20.2 Å². The predicted octanol–water partition coefficient (Wildman–Crippen LogP) is 0.595. The largest absolute Gasteiger partial charge is 0.340 e. The van der Waals surface area contributed by atoms with Gasteiger partial charge in [-0.05, 0) is 12.1 Å². The van der Waals surface area contributed by atoms with E-state index in [0.29, 0.717) is 48.6 Å². The summed E-state index contributed by atoms with van der Waals surface area (Å²) in [6, 6.07) is 8.61. The number of aromatic nitrogens is 5. The molecule has 0 radical (unpaired) electrons. The predicted molar refractivity (Wildman–Crippen MR) is 120 cm³/mol. The molecule has 1 aliphatic heterocycles. The molecule has 0 spiro atoms. The van der Waals surface area contributed by atoms with Crippen LogP contribution in [0.25, 0.3) is 15.9 Å². The van der Waals surface area contributed by atoms with Gasteiger partial charge in [0.15, 0.2) is 4.96 Å². The van der Waals surface area contributed by atoms with Gasteiger partial charge in [0.05, 0.1) is 17.6 Å². The van der Waals surface area contributed by atoms with Crippen molar-refractivity contribution >= 4 is 33.1 Å². The van der Waals surface area contributed by atoms with Gasteiger partial charge in [-0.2, -0.15) is 0 Å². The summed E-state index contributed by atoms with van der Waals surface area (Å²) in [6.07, 6.45) is 1.92. The Morgan fingerprint density at radius 3 is 2.75 bits per heavy atom. The first-order chi connectivity index (χ1) is 15.6. The average Bonchev–Trinajstić information content (AvgIpc) is 3.28. The number of hydrogen-bond donors (Lipinski definition) is 0. The van der Waals surface area contributed by atoms with Crippen molar-refractivity contribution in [2.75, 3.05) is 26.2 Å². The molecule has 4 heterocycles. The SMILES string of the molecule is O=C(CCn1nnc2ccccc2c1=O)N1CCN(Cc2cc(=O)n3ccsc3n2)CC1. The molecule has 5 rings (SSSR count). The average molecular weight is 452 g/mol. The summed E-state index contributed by atoms with van der Waals surface area (Å²) in [4.78, 5) is 46.6. The lowest BCUT2D eigenvalue weighted by atomic mass is 10.2. The van der Waals surface area contributed by atoms with Gasteiger partial charge in [0.1, 0.15) is 5.52 Å². The smallest absolute Gasteiger partial charge is 0.277 e. The third-order valence-corrected chi connectivity index (χ3v) is 6.39. The van der Waals surface area contributed by atoms with Gasteiger partial charge in [-0.3, -0.25) is 23.7 Å². The molecule has 0 N–H and O–H groups in total. The Morgan fingerprint density at radius 1 is 1.09 bits per heavy atom. The third-order valence-electron chi connectivity index (χ3n) is 5.63. The molecule has 0 bridgehead atoms. The maximum absolute atomic E-state index is 12.7. The Morgan fingerprint density at radius 2 is 1.91 bits per heavy atom. The van der Waals surface area contributed by atoms with Crippen LogP contribution in [-0.4, -0.2) is 66.3 Å². The van der Waals surface area contributed by atoms with Gasteiger partial charge in [0.25, 0.3) is 11.1 Å². The molecule has 1 saturated heterocycles. The van der Waals surface area contributed by atoms with E-state index in [0.717, 1.165) is 5.69 Å². The molecule has 32 heavy (non-hydrogen) atoms. The number of hydrogen-bond acceptors (Lipinski definition) is 8. The van der Waals surface area contributed by atoms with Crippen molar-refractivity contribution in [1.82, 2.24) is 34.2 Å². The van der Waals surface area contributed by atoms with Crippen LogP contribution < -0.4 is 11.1 Å². The second-order valence-electron chi connectivity index (χ2n) is 7.68. The number of thiazole rings is 1. The summed E-state index contributed by atoms with van der Waals surface area (Å²) in [5.41, 5.74) is 0.976. The Balaban J connectivity index is 1.16. The van der Waals surface area contributed by atoms with E-state index in [4.69, 9.17) is 0 Å². The quantitative estimate of drug-likeness (QED) is 0.437. The Labute approximate surface area is 186 Å². The second kappa shape index (κ2) is 8.60. The van der Waals surface area contributed by atoms with Gasteiger partial charge < -0.3 is 4.90 Å². The monoisotopic (exact) mass is 451 g/mol.